The highest BCUT2D eigenvalue weighted by Crippen LogP contribution is 2.31. The number of para-hydroxylation sites is 1. The number of likely N-dealkylation sites (tertiary alicyclic amines) is 1. The molecule has 0 bridgehead atoms. The zero-order chi connectivity index (χ0) is 21.8. The predicted molar refractivity (Wildman–Crippen MR) is 134 cm³/mol. The number of amides is 1. The molecule has 2 saturated heterocycles. The number of hydrogen-bond donors (Lipinski definition) is 0. The topological polar surface area (TPSA) is 39.7 Å². The van der Waals surface area contributed by atoms with E-state index in [1.165, 1.54) is 42.7 Å². The first-order valence-electron chi connectivity index (χ1n) is 11.6. The van der Waals surface area contributed by atoms with Crippen molar-refractivity contribution in [3.8, 4) is 0 Å². The van der Waals surface area contributed by atoms with Crippen molar-refractivity contribution in [1.29, 1.82) is 0 Å². The minimum Gasteiger partial charge on any atom is -0.336 e. The van der Waals surface area contributed by atoms with E-state index in [4.69, 9.17) is 4.98 Å². The first kappa shape index (κ1) is 21.9. The fourth-order valence-corrected chi connectivity index (χ4v) is 6.47. The molecule has 5 rings (SSSR count). The Morgan fingerprint density at radius 3 is 2.28 bits per heavy atom. The Kier molecular flexibility index (Phi) is 7.07. The van der Waals surface area contributed by atoms with Gasteiger partial charge >= 0.3 is 0 Å². The lowest BCUT2D eigenvalue weighted by atomic mass is 10.1. The smallest absolute Gasteiger partial charge is 0.253 e. The maximum absolute atomic E-state index is 12.9. The maximum Gasteiger partial charge on any atom is 0.253 e. The van der Waals surface area contributed by atoms with Crippen LogP contribution in [0.25, 0.3) is 10.2 Å². The van der Waals surface area contributed by atoms with Crippen molar-refractivity contribution in [2.24, 2.45) is 0 Å². The fourth-order valence-electron chi connectivity index (χ4n) is 4.45. The predicted octanol–water partition coefficient (Wildman–Crippen LogP) is 4.44. The molecule has 1 amide bonds. The Balaban J connectivity index is 1.09. The van der Waals surface area contributed by atoms with Crippen LogP contribution in [-0.4, -0.2) is 77.9 Å². The van der Waals surface area contributed by atoms with E-state index in [1.807, 2.05) is 23.1 Å². The average Bonchev–Trinajstić information content (AvgIpc) is 3.51. The molecule has 0 N–H and O–H groups in total. The molecule has 0 saturated carbocycles. The number of hydrogen-bond acceptors (Lipinski definition) is 6. The summed E-state index contributed by atoms with van der Waals surface area (Å²) in [6, 6.07) is 16.4. The number of nitrogens with zero attached hydrogens (tertiary/aromatic N) is 4. The van der Waals surface area contributed by atoms with Gasteiger partial charge in [0.1, 0.15) is 0 Å². The second kappa shape index (κ2) is 10.3. The lowest BCUT2D eigenvalue weighted by molar-refractivity contribution is 0.0626. The number of benzene rings is 2. The van der Waals surface area contributed by atoms with E-state index in [-0.39, 0.29) is 5.91 Å². The zero-order valence-electron chi connectivity index (χ0n) is 18.4. The molecule has 2 fully saturated rings. The van der Waals surface area contributed by atoms with Crippen molar-refractivity contribution in [3.63, 3.8) is 0 Å². The van der Waals surface area contributed by atoms with E-state index in [0.29, 0.717) is 0 Å². The fraction of sp³-hybridized carbons (Fsp3) is 0.440. The van der Waals surface area contributed by atoms with Crippen LogP contribution in [0.1, 0.15) is 28.8 Å². The molecule has 0 unspecified atom stereocenters. The molecule has 5 nitrogen and oxygen atoms in total. The molecule has 3 heterocycles. The summed E-state index contributed by atoms with van der Waals surface area (Å²) >= 11 is 3.50. The summed E-state index contributed by atoms with van der Waals surface area (Å²) in [6.07, 6.45) is 2.70. The summed E-state index contributed by atoms with van der Waals surface area (Å²) < 4.78 is 2.32. The Labute approximate surface area is 198 Å². The molecule has 1 aromatic heterocycles. The van der Waals surface area contributed by atoms with Gasteiger partial charge in [-0.1, -0.05) is 36.0 Å². The van der Waals surface area contributed by atoms with E-state index in [9.17, 15) is 4.79 Å². The van der Waals surface area contributed by atoms with Crippen LogP contribution in [0.2, 0.25) is 0 Å². The molecule has 3 aromatic rings. The molecule has 2 aliphatic rings. The van der Waals surface area contributed by atoms with Crippen molar-refractivity contribution >= 4 is 39.2 Å². The van der Waals surface area contributed by atoms with Crippen molar-refractivity contribution in [2.75, 3.05) is 52.4 Å². The summed E-state index contributed by atoms with van der Waals surface area (Å²) in [5, 5.41) is 0. The number of thiazole rings is 1. The third-order valence-electron chi connectivity index (χ3n) is 6.43. The molecular formula is C25H30N4OS2. The van der Waals surface area contributed by atoms with Crippen LogP contribution in [0.15, 0.2) is 52.9 Å². The molecule has 7 heteroatoms. The Bertz CT molecular complexity index is 1000. The lowest BCUT2D eigenvalue weighted by Crippen LogP contribution is -2.50. The summed E-state index contributed by atoms with van der Waals surface area (Å²) in [6.45, 7) is 8.43. The van der Waals surface area contributed by atoms with Gasteiger partial charge in [-0.25, -0.2) is 4.98 Å². The van der Waals surface area contributed by atoms with Crippen molar-refractivity contribution < 1.29 is 4.79 Å². The van der Waals surface area contributed by atoms with E-state index >= 15 is 0 Å². The molecule has 0 radical (unpaired) electrons. The second-order valence-electron chi connectivity index (χ2n) is 8.62. The van der Waals surface area contributed by atoms with Gasteiger partial charge in [0.25, 0.3) is 5.91 Å². The van der Waals surface area contributed by atoms with E-state index < -0.39 is 0 Å². The van der Waals surface area contributed by atoms with Gasteiger partial charge in [-0.15, -0.1) is 11.3 Å². The highest BCUT2D eigenvalue weighted by Gasteiger charge is 2.22. The maximum atomic E-state index is 12.9. The second-order valence-corrected chi connectivity index (χ2v) is 10.9. The summed E-state index contributed by atoms with van der Waals surface area (Å²) in [5.41, 5.74) is 3.08. The van der Waals surface area contributed by atoms with E-state index in [2.05, 4.69) is 40.1 Å². The summed E-state index contributed by atoms with van der Waals surface area (Å²) in [5.74, 6) is 1.03. The first-order valence-corrected chi connectivity index (χ1v) is 13.4. The highest BCUT2D eigenvalue weighted by atomic mass is 32.2. The normalized spacial score (nSPS) is 17.9. The van der Waals surface area contributed by atoms with Crippen LogP contribution in [0.3, 0.4) is 0 Å². The highest BCUT2D eigenvalue weighted by molar-refractivity contribution is 8.00. The Hall–Kier alpha value is -1.93. The minimum absolute atomic E-state index is 0.162. The number of fused-ring (bicyclic) bond motifs is 1. The molecule has 168 valence electrons. The largest absolute Gasteiger partial charge is 0.336 e. The Morgan fingerprint density at radius 1 is 0.875 bits per heavy atom. The third kappa shape index (κ3) is 5.34. The van der Waals surface area contributed by atoms with Crippen LogP contribution in [0.5, 0.6) is 0 Å². The first-order chi connectivity index (χ1) is 15.7. The molecule has 0 spiro atoms. The number of carbonyl (C=O) groups is 1. The number of aromatic nitrogens is 1. The molecular weight excluding hydrogens is 436 g/mol. The number of piperazine rings is 1. The van der Waals surface area contributed by atoms with Gasteiger partial charge in [0.2, 0.25) is 0 Å². The number of carbonyl (C=O) groups excluding carboxylic acids is 1. The lowest BCUT2D eigenvalue weighted by Gasteiger charge is -2.35. The minimum atomic E-state index is 0.162. The number of thioether (sulfide) groups is 1. The van der Waals surface area contributed by atoms with Gasteiger partial charge in [-0.2, -0.15) is 0 Å². The van der Waals surface area contributed by atoms with E-state index in [0.717, 1.165) is 53.9 Å². The molecule has 2 aromatic carbocycles. The number of rotatable bonds is 7. The van der Waals surface area contributed by atoms with Gasteiger partial charge in [0.05, 0.1) is 10.2 Å². The van der Waals surface area contributed by atoms with Gasteiger partial charge < -0.3 is 9.80 Å². The summed E-state index contributed by atoms with van der Waals surface area (Å²) in [7, 11) is 0. The third-order valence-corrected chi connectivity index (χ3v) is 8.68. The van der Waals surface area contributed by atoms with Gasteiger partial charge in [-0.05, 0) is 55.8 Å². The quantitative estimate of drug-likeness (QED) is 0.482. The van der Waals surface area contributed by atoms with Gasteiger partial charge in [0, 0.05) is 50.6 Å². The zero-order valence-corrected chi connectivity index (χ0v) is 20.0. The Morgan fingerprint density at radius 2 is 1.56 bits per heavy atom. The van der Waals surface area contributed by atoms with E-state index in [1.54, 1.807) is 23.1 Å². The molecule has 0 atom stereocenters. The average molecular weight is 467 g/mol. The van der Waals surface area contributed by atoms with Crippen LogP contribution in [0, 0.1) is 0 Å². The van der Waals surface area contributed by atoms with Crippen LogP contribution < -0.4 is 0 Å². The molecule has 0 aliphatic carbocycles. The van der Waals surface area contributed by atoms with Crippen LogP contribution in [-0.2, 0) is 5.75 Å². The van der Waals surface area contributed by atoms with Crippen molar-refractivity contribution in [3.05, 3.63) is 59.7 Å². The van der Waals surface area contributed by atoms with Crippen LogP contribution >= 0.6 is 23.1 Å². The van der Waals surface area contributed by atoms with Crippen LogP contribution in [0.4, 0.5) is 0 Å². The van der Waals surface area contributed by atoms with Crippen molar-refractivity contribution in [1.82, 2.24) is 19.7 Å². The monoisotopic (exact) mass is 466 g/mol. The van der Waals surface area contributed by atoms with Gasteiger partial charge in [-0.3, -0.25) is 9.69 Å². The molecule has 2 aliphatic heterocycles. The summed E-state index contributed by atoms with van der Waals surface area (Å²) in [4.78, 5) is 24.7. The van der Waals surface area contributed by atoms with Crippen molar-refractivity contribution in [2.45, 2.75) is 22.9 Å². The standard InChI is InChI=1S/C25H30N4OS2/c30-24(29-17-15-28(16-18-29)14-13-27-11-3-4-12-27)21-9-7-20(8-10-21)19-31-25-26-22-5-1-2-6-23(22)32-25/h1-2,5-10H,3-4,11-19H2. The molecule has 32 heavy (non-hydrogen) atoms. The SMILES string of the molecule is O=C(c1ccc(CSc2nc3ccccc3s2)cc1)N1CCN(CCN2CCCC2)CC1. The van der Waals surface area contributed by atoms with Gasteiger partial charge in [0.15, 0.2) is 4.34 Å².